The van der Waals surface area contributed by atoms with Crippen molar-refractivity contribution in [3.05, 3.63) is 72.1 Å². The summed E-state index contributed by atoms with van der Waals surface area (Å²) < 4.78 is 2.07. The molecule has 2 nitrogen and oxygen atoms in total. The molecular formula is C18H16NO+. The first-order valence-corrected chi connectivity index (χ1v) is 6.59. The normalized spacial score (nSPS) is 11.2. The second-order valence-electron chi connectivity index (χ2n) is 4.79. The molecule has 0 atom stereocenters. The Morgan fingerprint density at radius 2 is 1.60 bits per heavy atom. The number of fused-ring (bicyclic) bond motifs is 1. The van der Waals surface area contributed by atoms with E-state index in [0.717, 1.165) is 22.0 Å². The van der Waals surface area contributed by atoms with Gasteiger partial charge in [0.15, 0.2) is 6.20 Å². The Hall–Kier alpha value is -2.61. The van der Waals surface area contributed by atoms with Crippen LogP contribution in [-0.4, -0.2) is 5.11 Å². The summed E-state index contributed by atoms with van der Waals surface area (Å²) in [6.07, 6.45) is 6.19. The first-order chi connectivity index (χ1) is 9.75. The number of aryl methyl sites for hydroxylation is 1. The van der Waals surface area contributed by atoms with Gasteiger partial charge in [-0.1, -0.05) is 30.3 Å². The standard InChI is InChI=1S/C18H15NO/c1-19-13-5-4-6-15(19)11-9-14-10-12-18(20)17-8-3-2-7-16(14)17/h2-13H,1H3/p+1. The average Bonchev–Trinajstić information content (AvgIpc) is 2.48. The number of phenolic OH excluding ortho intramolecular Hbond substituents is 1. The molecule has 98 valence electrons. The van der Waals surface area contributed by atoms with Crippen molar-refractivity contribution >= 4 is 22.9 Å². The third-order valence-electron chi connectivity index (χ3n) is 3.46. The third-order valence-corrected chi connectivity index (χ3v) is 3.46. The highest BCUT2D eigenvalue weighted by Crippen LogP contribution is 2.28. The summed E-state index contributed by atoms with van der Waals surface area (Å²) in [5.74, 6) is 0.322. The minimum atomic E-state index is 0.322. The fourth-order valence-corrected chi connectivity index (χ4v) is 2.34. The fraction of sp³-hybridized carbons (Fsp3) is 0.0556. The summed E-state index contributed by atoms with van der Waals surface area (Å²) >= 11 is 0. The zero-order valence-corrected chi connectivity index (χ0v) is 11.3. The summed E-state index contributed by atoms with van der Waals surface area (Å²) in [5, 5.41) is 11.8. The predicted molar refractivity (Wildman–Crippen MR) is 82.2 cm³/mol. The molecular weight excluding hydrogens is 246 g/mol. The highest BCUT2D eigenvalue weighted by Gasteiger charge is 2.03. The van der Waals surface area contributed by atoms with Gasteiger partial charge in [0.1, 0.15) is 12.8 Å². The Bertz CT molecular complexity index is 790. The molecule has 0 bridgehead atoms. The summed E-state index contributed by atoms with van der Waals surface area (Å²) in [6.45, 7) is 0. The molecule has 0 spiro atoms. The van der Waals surface area contributed by atoms with Crippen LogP contribution in [0.1, 0.15) is 11.3 Å². The van der Waals surface area contributed by atoms with Crippen LogP contribution in [0.25, 0.3) is 22.9 Å². The van der Waals surface area contributed by atoms with Crippen LogP contribution in [0.15, 0.2) is 60.8 Å². The Balaban J connectivity index is 2.08. The number of rotatable bonds is 2. The number of hydrogen-bond acceptors (Lipinski definition) is 1. The van der Waals surface area contributed by atoms with E-state index in [2.05, 4.69) is 22.8 Å². The van der Waals surface area contributed by atoms with E-state index in [1.807, 2.05) is 55.7 Å². The second-order valence-corrected chi connectivity index (χ2v) is 4.79. The van der Waals surface area contributed by atoms with Crippen LogP contribution >= 0.6 is 0 Å². The molecule has 2 aromatic carbocycles. The molecule has 1 aromatic heterocycles. The highest BCUT2D eigenvalue weighted by atomic mass is 16.3. The van der Waals surface area contributed by atoms with E-state index < -0.39 is 0 Å². The Morgan fingerprint density at radius 3 is 2.40 bits per heavy atom. The molecule has 0 fully saturated rings. The van der Waals surface area contributed by atoms with Crippen molar-refractivity contribution in [1.29, 1.82) is 0 Å². The van der Waals surface area contributed by atoms with Gasteiger partial charge in [-0.25, -0.2) is 4.57 Å². The molecule has 2 heteroatoms. The van der Waals surface area contributed by atoms with E-state index in [-0.39, 0.29) is 0 Å². The lowest BCUT2D eigenvalue weighted by atomic mass is 10.0. The van der Waals surface area contributed by atoms with Gasteiger partial charge in [0.05, 0.1) is 0 Å². The lowest BCUT2D eigenvalue weighted by Gasteiger charge is -2.04. The van der Waals surface area contributed by atoms with Gasteiger partial charge < -0.3 is 5.11 Å². The van der Waals surface area contributed by atoms with Crippen LogP contribution in [0.4, 0.5) is 0 Å². The molecule has 0 aliphatic heterocycles. The van der Waals surface area contributed by atoms with Crippen molar-refractivity contribution in [3.63, 3.8) is 0 Å². The molecule has 0 saturated carbocycles. The zero-order chi connectivity index (χ0) is 13.9. The van der Waals surface area contributed by atoms with Crippen LogP contribution in [0.2, 0.25) is 0 Å². The number of hydrogen-bond donors (Lipinski definition) is 1. The van der Waals surface area contributed by atoms with Gasteiger partial charge in [0.2, 0.25) is 5.69 Å². The van der Waals surface area contributed by atoms with Gasteiger partial charge >= 0.3 is 0 Å². The summed E-state index contributed by atoms with van der Waals surface area (Å²) in [4.78, 5) is 0. The quantitative estimate of drug-likeness (QED) is 0.702. The van der Waals surface area contributed by atoms with Gasteiger partial charge in [0.25, 0.3) is 0 Å². The van der Waals surface area contributed by atoms with Gasteiger partial charge in [-0.2, -0.15) is 0 Å². The number of aromatic nitrogens is 1. The average molecular weight is 262 g/mol. The minimum absolute atomic E-state index is 0.322. The monoisotopic (exact) mass is 262 g/mol. The smallest absolute Gasteiger partial charge is 0.204 e. The first-order valence-electron chi connectivity index (χ1n) is 6.59. The number of nitrogens with zero attached hydrogens (tertiary/aromatic N) is 1. The zero-order valence-electron chi connectivity index (χ0n) is 11.3. The van der Waals surface area contributed by atoms with Crippen molar-refractivity contribution in [1.82, 2.24) is 0 Å². The van der Waals surface area contributed by atoms with Crippen LogP contribution < -0.4 is 4.57 Å². The Kier molecular flexibility index (Phi) is 3.21. The van der Waals surface area contributed by atoms with Crippen molar-refractivity contribution in [2.24, 2.45) is 7.05 Å². The van der Waals surface area contributed by atoms with Gasteiger partial charge in [-0.15, -0.1) is 0 Å². The fourth-order valence-electron chi connectivity index (χ4n) is 2.34. The number of pyridine rings is 1. The lowest BCUT2D eigenvalue weighted by molar-refractivity contribution is -0.673. The van der Waals surface area contributed by atoms with Crippen molar-refractivity contribution in [2.75, 3.05) is 0 Å². The molecule has 3 aromatic rings. The van der Waals surface area contributed by atoms with E-state index in [4.69, 9.17) is 0 Å². The van der Waals surface area contributed by atoms with Gasteiger partial charge in [-0.3, -0.25) is 0 Å². The summed E-state index contributed by atoms with van der Waals surface area (Å²) in [6, 6.07) is 17.7. The van der Waals surface area contributed by atoms with E-state index in [1.54, 1.807) is 6.07 Å². The Morgan fingerprint density at radius 1 is 0.850 bits per heavy atom. The molecule has 0 saturated heterocycles. The van der Waals surface area contributed by atoms with E-state index in [9.17, 15) is 5.11 Å². The van der Waals surface area contributed by atoms with Crippen LogP contribution in [0.5, 0.6) is 5.75 Å². The summed E-state index contributed by atoms with van der Waals surface area (Å²) in [7, 11) is 2.02. The number of phenols is 1. The third kappa shape index (κ3) is 2.28. The number of aromatic hydroxyl groups is 1. The topological polar surface area (TPSA) is 24.1 Å². The molecule has 0 radical (unpaired) electrons. The first kappa shape index (κ1) is 12.4. The van der Waals surface area contributed by atoms with Gasteiger partial charge in [-0.05, 0) is 29.2 Å². The maximum atomic E-state index is 9.90. The maximum absolute atomic E-state index is 9.90. The number of benzene rings is 2. The molecule has 3 rings (SSSR count). The minimum Gasteiger partial charge on any atom is -0.507 e. The molecule has 0 aliphatic rings. The second kappa shape index (κ2) is 5.17. The van der Waals surface area contributed by atoms with Gasteiger partial charge in [0, 0.05) is 23.6 Å². The van der Waals surface area contributed by atoms with E-state index in [0.29, 0.717) is 5.75 Å². The molecule has 1 N–H and O–H groups in total. The SMILES string of the molecule is C[n+]1ccccc1C=Cc1ccc(O)c2ccccc12. The van der Waals surface area contributed by atoms with Crippen LogP contribution in [0.3, 0.4) is 0 Å². The molecule has 0 aliphatic carbocycles. The predicted octanol–water partition coefficient (Wildman–Crippen LogP) is 3.54. The highest BCUT2D eigenvalue weighted by molar-refractivity contribution is 5.96. The lowest BCUT2D eigenvalue weighted by Crippen LogP contribution is -2.30. The van der Waals surface area contributed by atoms with E-state index in [1.165, 1.54) is 0 Å². The van der Waals surface area contributed by atoms with Crippen LogP contribution in [0, 0.1) is 0 Å². The van der Waals surface area contributed by atoms with Crippen molar-refractivity contribution in [2.45, 2.75) is 0 Å². The Labute approximate surface area is 118 Å². The molecule has 1 heterocycles. The van der Waals surface area contributed by atoms with Crippen molar-refractivity contribution in [3.8, 4) is 5.75 Å². The van der Waals surface area contributed by atoms with E-state index >= 15 is 0 Å². The molecule has 20 heavy (non-hydrogen) atoms. The largest absolute Gasteiger partial charge is 0.507 e. The molecule has 0 unspecified atom stereocenters. The van der Waals surface area contributed by atoms with Crippen molar-refractivity contribution < 1.29 is 9.67 Å². The molecule has 0 amide bonds. The van der Waals surface area contributed by atoms with Crippen LogP contribution in [-0.2, 0) is 7.05 Å². The summed E-state index contributed by atoms with van der Waals surface area (Å²) in [5.41, 5.74) is 2.23. The maximum Gasteiger partial charge on any atom is 0.204 e.